The molecule has 0 amide bonds. The van der Waals surface area contributed by atoms with Crippen molar-refractivity contribution >= 4 is 10.1 Å². The van der Waals surface area contributed by atoms with Crippen molar-refractivity contribution in [2.45, 2.75) is 11.8 Å². The third-order valence-corrected chi connectivity index (χ3v) is 3.59. The van der Waals surface area contributed by atoms with Crippen molar-refractivity contribution in [2.24, 2.45) is 0 Å². The molecule has 0 saturated carbocycles. The number of hydrogen-bond donors (Lipinski definition) is 1. The van der Waals surface area contributed by atoms with Gasteiger partial charge in [0.05, 0.1) is 0 Å². The Morgan fingerprint density at radius 1 is 1.06 bits per heavy atom. The summed E-state index contributed by atoms with van der Waals surface area (Å²) in [6.07, 6.45) is 0. The maximum absolute atomic E-state index is 11.9. The number of rotatable bonds is 3. The van der Waals surface area contributed by atoms with E-state index in [2.05, 4.69) is 0 Å². The molecule has 2 aromatic rings. The van der Waals surface area contributed by atoms with Gasteiger partial charge in [0.1, 0.15) is 4.90 Å². The highest BCUT2D eigenvalue weighted by molar-refractivity contribution is 7.87. The molecule has 5 heteroatoms. The van der Waals surface area contributed by atoms with Gasteiger partial charge in [0.25, 0.3) is 0 Å². The fraction of sp³-hybridized carbons (Fsp3) is 0.0769. The van der Waals surface area contributed by atoms with Crippen molar-refractivity contribution in [2.75, 3.05) is 0 Å². The first-order valence-electron chi connectivity index (χ1n) is 5.28. The van der Waals surface area contributed by atoms with Gasteiger partial charge in [0.2, 0.25) is 0 Å². The van der Waals surface area contributed by atoms with Gasteiger partial charge >= 0.3 is 10.1 Å². The average Bonchev–Trinajstić information content (AvgIpc) is 2.34. The molecule has 0 aromatic heterocycles. The van der Waals surface area contributed by atoms with E-state index in [-0.39, 0.29) is 16.4 Å². The van der Waals surface area contributed by atoms with Crippen LogP contribution >= 0.6 is 0 Å². The Morgan fingerprint density at radius 3 is 2.33 bits per heavy atom. The van der Waals surface area contributed by atoms with Crippen LogP contribution in [0.5, 0.6) is 11.5 Å². The van der Waals surface area contributed by atoms with Gasteiger partial charge in [0, 0.05) is 0 Å². The average molecular weight is 264 g/mol. The van der Waals surface area contributed by atoms with E-state index in [4.69, 9.17) is 4.18 Å². The van der Waals surface area contributed by atoms with Crippen molar-refractivity contribution in [1.82, 2.24) is 0 Å². The minimum atomic E-state index is -3.91. The van der Waals surface area contributed by atoms with E-state index in [1.807, 2.05) is 0 Å². The van der Waals surface area contributed by atoms with Crippen LogP contribution in [0.15, 0.2) is 53.4 Å². The molecule has 2 aromatic carbocycles. The van der Waals surface area contributed by atoms with Crippen LogP contribution in [-0.4, -0.2) is 13.5 Å². The lowest BCUT2D eigenvalue weighted by atomic mass is 10.2. The van der Waals surface area contributed by atoms with Crippen LogP contribution in [0.1, 0.15) is 5.56 Å². The van der Waals surface area contributed by atoms with Gasteiger partial charge in [-0.2, -0.15) is 8.42 Å². The Kier molecular flexibility index (Phi) is 3.25. The molecule has 2 rings (SSSR count). The first-order chi connectivity index (χ1) is 8.49. The van der Waals surface area contributed by atoms with E-state index in [1.165, 1.54) is 24.3 Å². The number of benzene rings is 2. The summed E-state index contributed by atoms with van der Waals surface area (Å²) in [5.41, 5.74) is 0.817. The second-order valence-electron chi connectivity index (χ2n) is 3.82. The third-order valence-electron chi connectivity index (χ3n) is 2.35. The Morgan fingerprint density at radius 2 is 1.72 bits per heavy atom. The van der Waals surface area contributed by atoms with E-state index in [0.717, 1.165) is 5.56 Å². The topological polar surface area (TPSA) is 63.6 Å². The molecule has 94 valence electrons. The minimum Gasteiger partial charge on any atom is -0.504 e. The van der Waals surface area contributed by atoms with Gasteiger partial charge in [-0.05, 0) is 36.8 Å². The molecule has 0 bridgehead atoms. The van der Waals surface area contributed by atoms with Crippen molar-refractivity contribution in [1.29, 1.82) is 0 Å². The van der Waals surface area contributed by atoms with Gasteiger partial charge in [-0.1, -0.05) is 24.3 Å². The van der Waals surface area contributed by atoms with Crippen LogP contribution in [-0.2, 0) is 10.1 Å². The van der Waals surface area contributed by atoms with Crippen molar-refractivity contribution in [3.63, 3.8) is 0 Å². The number of phenolic OH excluding ortho intramolecular Hbond substituents is 1. The molecule has 0 unspecified atom stereocenters. The molecule has 0 saturated heterocycles. The molecule has 0 radical (unpaired) electrons. The van der Waals surface area contributed by atoms with E-state index in [0.29, 0.717) is 0 Å². The van der Waals surface area contributed by atoms with Gasteiger partial charge < -0.3 is 9.29 Å². The zero-order valence-corrected chi connectivity index (χ0v) is 10.5. The van der Waals surface area contributed by atoms with Crippen molar-refractivity contribution in [3.05, 3.63) is 54.1 Å². The van der Waals surface area contributed by atoms with E-state index in [1.54, 1.807) is 31.2 Å². The molecule has 0 spiro atoms. The summed E-state index contributed by atoms with van der Waals surface area (Å²) >= 11 is 0. The SMILES string of the molecule is Cc1ccc(OS(=O)(=O)c2ccccc2)c(O)c1. The van der Waals surface area contributed by atoms with E-state index in [9.17, 15) is 13.5 Å². The van der Waals surface area contributed by atoms with E-state index < -0.39 is 10.1 Å². The third kappa shape index (κ3) is 2.62. The first-order valence-corrected chi connectivity index (χ1v) is 6.69. The predicted molar refractivity (Wildman–Crippen MR) is 67.1 cm³/mol. The lowest BCUT2D eigenvalue weighted by molar-refractivity contribution is 0.428. The van der Waals surface area contributed by atoms with Crippen LogP contribution in [0, 0.1) is 6.92 Å². The fourth-order valence-electron chi connectivity index (χ4n) is 1.45. The number of aromatic hydroxyl groups is 1. The summed E-state index contributed by atoms with van der Waals surface area (Å²) in [4.78, 5) is 0.0463. The molecule has 0 aliphatic carbocycles. The van der Waals surface area contributed by atoms with Gasteiger partial charge in [0.15, 0.2) is 11.5 Å². The summed E-state index contributed by atoms with van der Waals surface area (Å²) in [5.74, 6) is -0.279. The van der Waals surface area contributed by atoms with Crippen LogP contribution in [0.4, 0.5) is 0 Å². The highest BCUT2D eigenvalue weighted by Gasteiger charge is 2.17. The summed E-state index contributed by atoms with van der Waals surface area (Å²) in [5, 5.41) is 9.61. The minimum absolute atomic E-state index is 0.0463. The molecule has 0 aliphatic rings. The number of aryl methyl sites for hydroxylation is 1. The predicted octanol–water partition coefficient (Wildman–Crippen LogP) is 2.47. The summed E-state index contributed by atoms with van der Waals surface area (Å²) < 4.78 is 28.7. The molecular weight excluding hydrogens is 252 g/mol. The maximum atomic E-state index is 11.9. The van der Waals surface area contributed by atoms with Crippen LogP contribution in [0.3, 0.4) is 0 Å². The molecule has 0 fully saturated rings. The highest BCUT2D eigenvalue weighted by Crippen LogP contribution is 2.29. The standard InChI is InChI=1S/C13H12O4S/c1-10-7-8-13(12(14)9-10)17-18(15,16)11-5-3-2-4-6-11/h2-9,14H,1H3. The normalized spacial score (nSPS) is 11.2. The van der Waals surface area contributed by atoms with Gasteiger partial charge in [-0.15, -0.1) is 0 Å². The molecule has 0 heterocycles. The summed E-state index contributed by atoms with van der Waals surface area (Å²) in [7, 11) is -3.91. The molecular formula is C13H12O4S. The van der Waals surface area contributed by atoms with Gasteiger partial charge in [-0.3, -0.25) is 0 Å². The van der Waals surface area contributed by atoms with E-state index >= 15 is 0 Å². The Hall–Kier alpha value is -2.01. The largest absolute Gasteiger partial charge is 0.504 e. The highest BCUT2D eigenvalue weighted by atomic mass is 32.2. The maximum Gasteiger partial charge on any atom is 0.339 e. The van der Waals surface area contributed by atoms with Crippen molar-refractivity contribution < 1.29 is 17.7 Å². The summed E-state index contributed by atoms with van der Waals surface area (Å²) in [6, 6.07) is 12.3. The first kappa shape index (κ1) is 12.4. The lowest BCUT2D eigenvalue weighted by Crippen LogP contribution is -2.09. The van der Waals surface area contributed by atoms with Crippen LogP contribution in [0.2, 0.25) is 0 Å². The van der Waals surface area contributed by atoms with Crippen LogP contribution in [0.25, 0.3) is 0 Å². The Labute approximate surface area is 106 Å². The monoisotopic (exact) mass is 264 g/mol. The molecule has 0 aliphatic heterocycles. The van der Waals surface area contributed by atoms with Gasteiger partial charge in [-0.25, -0.2) is 0 Å². The zero-order valence-electron chi connectivity index (χ0n) is 9.70. The quantitative estimate of drug-likeness (QED) is 0.865. The fourth-order valence-corrected chi connectivity index (χ4v) is 2.42. The molecule has 0 atom stereocenters. The number of phenols is 1. The second-order valence-corrected chi connectivity index (χ2v) is 5.37. The molecule has 4 nitrogen and oxygen atoms in total. The zero-order chi connectivity index (χ0) is 13.2. The lowest BCUT2D eigenvalue weighted by Gasteiger charge is -2.08. The number of hydrogen-bond acceptors (Lipinski definition) is 4. The second kappa shape index (κ2) is 4.70. The van der Waals surface area contributed by atoms with Crippen LogP contribution < -0.4 is 4.18 Å². The summed E-state index contributed by atoms with van der Waals surface area (Å²) in [6.45, 7) is 1.79. The smallest absolute Gasteiger partial charge is 0.339 e. The molecule has 1 N–H and O–H groups in total. The molecule has 18 heavy (non-hydrogen) atoms. The Balaban J connectivity index is 2.34. The Bertz CT molecular complexity index is 648. The van der Waals surface area contributed by atoms with Crippen molar-refractivity contribution in [3.8, 4) is 11.5 Å².